The summed E-state index contributed by atoms with van der Waals surface area (Å²) < 4.78 is 7.92. The zero-order valence-corrected chi connectivity index (χ0v) is 12.0. The summed E-state index contributed by atoms with van der Waals surface area (Å²) in [5.74, 6) is 0. The van der Waals surface area contributed by atoms with E-state index in [4.69, 9.17) is 10.5 Å². The first-order chi connectivity index (χ1) is 10.4. The number of ether oxygens (including phenoxy) is 1. The summed E-state index contributed by atoms with van der Waals surface area (Å²) >= 11 is 0. The van der Waals surface area contributed by atoms with Gasteiger partial charge in [-0.1, -0.05) is 36.4 Å². The van der Waals surface area contributed by atoms with Crippen LogP contribution in [-0.4, -0.2) is 11.1 Å². The summed E-state index contributed by atoms with van der Waals surface area (Å²) in [7, 11) is 0. The second-order valence-corrected chi connectivity index (χ2v) is 5.18. The van der Waals surface area contributed by atoms with Crippen LogP contribution in [0.3, 0.4) is 0 Å². The summed E-state index contributed by atoms with van der Waals surface area (Å²) in [6.07, 6.45) is 2.99. The van der Waals surface area contributed by atoms with Gasteiger partial charge in [0.2, 0.25) is 0 Å². The minimum atomic E-state index is 0.564. The van der Waals surface area contributed by atoms with Gasteiger partial charge in [-0.05, 0) is 47.7 Å². The largest absolute Gasteiger partial charge is 0.356 e. The van der Waals surface area contributed by atoms with Crippen LogP contribution in [0.5, 0.6) is 0 Å². The van der Waals surface area contributed by atoms with E-state index in [9.17, 15) is 0 Å². The molecule has 0 unspecified atom stereocenters. The predicted molar refractivity (Wildman–Crippen MR) is 85.9 cm³/mol. The Labute approximate surface area is 125 Å². The van der Waals surface area contributed by atoms with Gasteiger partial charge >= 0.3 is 0 Å². The fourth-order valence-electron chi connectivity index (χ4n) is 2.52. The average molecular weight is 280 g/mol. The van der Waals surface area contributed by atoms with Gasteiger partial charge in [0.25, 0.3) is 0 Å². The van der Waals surface area contributed by atoms with E-state index < -0.39 is 0 Å². The first-order valence-electron chi connectivity index (χ1n) is 7.26. The molecule has 0 aliphatic carbocycles. The molecule has 3 nitrogen and oxygen atoms in total. The van der Waals surface area contributed by atoms with E-state index in [0.717, 1.165) is 6.42 Å². The molecule has 1 aromatic heterocycles. The summed E-state index contributed by atoms with van der Waals surface area (Å²) in [4.78, 5) is 0. The Kier molecular flexibility index (Phi) is 4.34. The smallest absolute Gasteiger partial charge is 0.123 e. The van der Waals surface area contributed by atoms with Gasteiger partial charge in [0, 0.05) is 11.7 Å². The highest BCUT2D eigenvalue weighted by Crippen LogP contribution is 2.18. The van der Waals surface area contributed by atoms with Crippen LogP contribution in [0.1, 0.15) is 11.1 Å². The fraction of sp³-hybridized carbons (Fsp3) is 0.222. The minimum Gasteiger partial charge on any atom is -0.356 e. The van der Waals surface area contributed by atoms with Crippen LogP contribution >= 0.6 is 0 Å². The lowest BCUT2D eigenvalue weighted by atomic mass is 10.1. The molecule has 0 aliphatic heterocycles. The van der Waals surface area contributed by atoms with E-state index in [0.29, 0.717) is 19.9 Å². The normalized spacial score (nSPS) is 11.1. The minimum absolute atomic E-state index is 0.564. The number of rotatable bonds is 6. The molecule has 0 fully saturated rings. The molecule has 3 aromatic rings. The maximum Gasteiger partial charge on any atom is 0.123 e. The van der Waals surface area contributed by atoms with Gasteiger partial charge in [0.15, 0.2) is 0 Å². The summed E-state index contributed by atoms with van der Waals surface area (Å²) in [6.45, 7) is 1.88. The number of hydrogen-bond acceptors (Lipinski definition) is 2. The first-order valence-corrected chi connectivity index (χ1v) is 7.26. The molecule has 0 atom stereocenters. The molecule has 2 aromatic carbocycles. The lowest BCUT2D eigenvalue weighted by Crippen LogP contribution is -2.03. The van der Waals surface area contributed by atoms with Gasteiger partial charge in [-0.25, -0.2) is 0 Å². The topological polar surface area (TPSA) is 40.2 Å². The van der Waals surface area contributed by atoms with E-state index >= 15 is 0 Å². The number of aromatic nitrogens is 1. The molecule has 0 saturated carbocycles. The van der Waals surface area contributed by atoms with Crippen LogP contribution in [-0.2, 0) is 24.5 Å². The van der Waals surface area contributed by atoms with Crippen molar-refractivity contribution in [3.05, 3.63) is 71.9 Å². The molecule has 1 heterocycles. The molecule has 0 radical (unpaired) electrons. The molecular weight excluding hydrogens is 260 g/mol. The van der Waals surface area contributed by atoms with Crippen LogP contribution in [0.4, 0.5) is 0 Å². The van der Waals surface area contributed by atoms with Gasteiger partial charge < -0.3 is 15.0 Å². The van der Waals surface area contributed by atoms with Crippen molar-refractivity contribution in [1.82, 2.24) is 4.57 Å². The van der Waals surface area contributed by atoms with Crippen molar-refractivity contribution in [2.45, 2.75) is 19.8 Å². The Morgan fingerprint density at radius 3 is 2.62 bits per heavy atom. The molecule has 21 heavy (non-hydrogen) atoms. The van der Waals surface area contributed by atoms with Gasteiger partial charge in [0.05, 0.1) is 6.61 Å². The standard InChI is InChI=1S/C18H20N2O/c19-10-8-15-6-7-18-17(12-15)9-11-20(18)14-21-13-16-4-2-1-3-5-16/h1-7,9,11-12H,8,10,13-14,19H2. The Morgan fingerprint density at radius 2 is 1.81 bits per heavy atom. The quantitative estimate of drug-likeness (QED) is 0.752. The highest BCUT2D eigenvalue weighted by Gasteiger charge is 2.02. The predicted octanol–water partition coefficient (Wildman–Crippen LogP) is 3.32. The number of nitrogens with zero attached hydrogens (tertiary/aromatic N) is 1. The van der Waals surface area contributed by atoms with Crippen LogP contribution in [0.25, 0.3) is 10.9 Å². The van der Waals surface area contributed by atoms with Gasteiger partial charge in [-0.2, -0.15) is 0 Å². The summed E-state index contributed by atoms with van der Waals surface area (Å²) in [6, 6.07) is 18.8. The van der Waals surface area contributed by atoms with Crippen LogP contribution in [0.2, 0.25) is 0 Å². The third-order valence-electron chi connectivity index (χ3n) is 3.61. The second kappa shape index (κ2) is 6.57. The highest BCUT2D eigenvalue weighted by molar-refractivity contribution is 5.80. The van der Waals surface area contributed by atoms with E-state index in [1.807, 2.05) is 18.2 Å². The SMILES string of the molecule is NCCc1ccc2c(ccn2COCc2ccccc2)c1. The zero-order chi connectivity index (χ0) is 14.5. The van der Waals surface area contributed by atoms with Gasteiger partial charge in [-0.15, -0.1) is 0 Å². The second-order valence-electron chi connectivity index (χ2n) is 5.18. The summed E-state index contributed by atoms with van der Waals surface area (Å²) in [5, 5.41) is 1.24. The third kappa shape index (κ3) is 3.32. The number of nitrogens with two attached hydrogens (primary N) is 1. The van der Waals surface area contributed by atoms with Crippen molar-refractivity contribution in [3.63, 3.8) is 0 Å². The highest BCUT2D eigenvalue weighted by atomic mass is 16.5. The monoisotopic (exact) mass is 280 g/mol. The molecule has 0 amide bonds. The maximum atomic E-state index is 5.79. The first kappa shape index (κ1) is 13.9. The van der Waals surface area contributed by atoms with E-state index in [1.54, 1.807) is 0 Å². The lowest BCUT2D eigenvalue weighted by molar-refractivity contribution is 0.0668. The number of benzene rings is 2. The molecule has 3 rings (SSSR count). The molecular formula is C18H20N2O. The van der Waals surface area contributed by atoms with Gasteiger partial charge in [-0.3, -0.25) is 0 Å². The van der Waals surface area contributed by atoms with E-state index in [1.165, 1.54) is 22.0 Å². The molecule has 2 N–H and O–H groups in total. The van der Waals surface area contributed by atoms with Crippen molar-refractivity contribution in [1.29, 1.82) is 0 Å². The summed E-state index contributed by atoms with van der Waals surface area (Å²) in [5.41, 5.74) is 9.28. The Balaban J connectivity index is 1.67. The third-order valence-corrected chi connectivity index (χ3v) is 3.61. The van der Waals surface area contributed by atoms with Gasteiger partial charge in [0.1, 0.15) is 6.73 Å². The Hall–Kier alpha value is -2.10. The molecule has 0 saturated heterocycles. The molecule has 3 heteroatoms. The van der Waals surface area contributed by atoms with E-state index in [-0.39, 0.29) is 0 Å². The molecule has 0 bridgehead atoms. The Morgan fingerprint density at radius 1 is 0.952 bits per heavy atom. The lowest BCUT2D eigenvalue weighted by Gasteiger charge is -2.08. The number of fused-ring (bicyclic) bond motifs is 1. The molecule has 108 valence electrons. The van der Waals surface area contributed by atoms with Crippen molar-refractivity contribution in [2.75, 3.05) is 6.54 Å². The molecule has 0 aliphatic rings. The zero-order valence-electron chi connectivity index (χ0n) is 12.0. The van der Waals surface area contributed by atoms with Crippen molar-refractivity contribution < 1.29 is 4.74 Å². The fourth-order valence-corrected chi connectivity index (χ4v) is 2.52. The molecule has 0 spiro atoms. The average Bonchev–Trinajstić information content (AvgIpc) is 2.91. The van der Waals surface area contributed by atoms with Crippen molar-refractivity contribution in [3.8, 4) is 0 Å². The number of hydrogen-bond donors (Lipinski definition) is 1. The van der Waals surface area contributed by atoms with Crippen molar-refractivity contribution >= 4 is 10.9 Å². The van der Waals surface area contributed by atoms with Crippen LogP contribution in [0.15, 0.2) is 60.8 Å². The van der Waals surface area contributed by atoms with E-state index in [2.05, 4.69) is 47.2 Å². The van der Waals surface area contributed by atoms with Crippen LogP contribution in [0, 0.1) is 0 Å². The van der Waals surface area contributed by atoms with Crippen molar-refractivity contribution in [2.24, 2.45) is 5.73 Å². The maximum absolute atomic E-state index is 5.79. The Bertz CT molecular complexity index is 704. The van der Waals surface area contributed by atoms with Crippen LogP contribution < -0.4 is 5.73 Å².